The maximum atomic E-state index is 9.36. The van der Waals surface area contributed by atoms with Crippen LogP contribution < -0.4 is 0 Å². The lowest BCUT2D eigenvalue weighted by atomic mass is 10.1. The highest BCUT2D eigenvalue weighted by Gasteiger charge is 2.18. The first kappa shape index (κ1) is 15.8. The fourth-order valence-corrected chi connectivity index (χ4v) is 3.40. The number of allylic oxidation sites excluding steroid dienone is 4. The summed E-state index contributed by atoms with van der Waals surface area (Å²) < 4.78 is 0. The SMILES string of the molecule is ON=C1CCC=CCCC=CCCC1Sc1ccccn1. The van der Waals surface area contributed by atoms with E-state index in [0.29, 0.717) is 0 Å². The zero-order chi connectivity index (χ0) is 14.8. The van der Waals surface area contributed by atoms with Crippen molar-refractivity contribution in [2.24, 2.45) is 5.16 Å². The predicted molar refractivity (Wildman–Crippen MR) is 89.1 cm³/mol. The third kappa shape index (κ3) is 5.76. The van der Waals surface area contributed by atoms with Gasteiger partial charge in [0.05, 0.1) is 16.0 Å². The van der Waals surface area contributed by atoms with Crippen molar-refractivity contribution < 1.29 is 5.21 Å². The molecule has 0 saturated carbocycles. The van der Waals surface area contributed by atoms with Crippen LogP contribution in [0.4, 0.5) is 0 Å². The van der Waals surface area contributed by atoms with E-state index in [2.05, 4.69) is 34.4 Å². The van der Waals surface area contributed by atoms with Crippen LogP contribution in [0.3, 0.4) is 0 Å². The summed E-state index contributed by atoms with van der Waals surface area (Å²) in [6, 6.07) is 5.91. The zero-order valence-corrected chi connectivity index (χ0v) is 13.0. The van der Waals surface area contributed by atoms with Crippen LogP contribution in [0.25, 0.3) is 0 Å². The molecule has 1 aromatic rings. The van der Waals surface area contributed by atoms with Crippen LogP contribution in [0.2, 0.25) is 0 Å². The van der Waals surface area contributed by atoms with Crippen molar-refractivity contribution in [3.8, 4) is 0 Å². The molecule has 1 atom stereocenters. The number of hydrogen-bond donors (Lipinski definition) is 1. The van der Waals surface area contributed by atoms with Crippen LogP contribution in [-0.2, 0) is 0 Å². The largest absolute Gasteiger partial charge is 0.411 e. The van der Waals surface area contributed by atoms with Gasteiger partial charge < -0.3 is 5.21 Å². The Morgan fingerprint density at radius 3 is 2.52 bits per heavy atom. The predicted octanol–water partition coefficient (Wildman–Crippen LogP) is 4.84. The number of hydrogen-bond acceptors (Lipinski definition) is 4. The van der Waals surface area contributed by atoms with E-state index < -0.39 is 0 Å². The second-order valence-electron chi connectivity index (χ2n) is 5.00. The molecule has 2 rings (SSSR count). The standard InChI is InChI=1S/C17H22N2OS/c20-19-15-11-7-5-3-1-2-4-6-8-12-16(15)21-17-13-9-10-14-18-17/h3-6,9-10,13-14,16,20H,1-2,7-8,11-12H2. The molecule has 0 spiro atoms. The van der Waals surface area contributed by atoms with Crippen molar-refractivity contribution in [3.05, 3.63) is 48.7 Å². The summed E-state index contributed by atoms with van der Waals surface area (Å²) in [6.07, 6.45) is 16.6. The van der Waals surface area contributed by atoms with Crippen LogP contribution in [0, 0.1) is 0 Å². The summed E-state index contributed by atoms with van der Waals surface area (Å²) >= 11 is 1.69. The van der Waals surface area contributed by atoms with E-state index in [9.17, 15) is 5.21 Å². The molecule has 0 radical (unpaired) electrons. The number of pyridine rings is 1. The van der Waals surface area contributed by atoms with Gasteiger partial charge in [0.25, 0.3) is 0 Å². The summed E-state index contributed by atoms with van der Waals surface area (Å²) in [4.78, 5) is 4.37. The molecular formula is C17H22N2OS. The fraction of sp³-hybridized carbons (Fsp3) is 0.412. The van der Waals surface area contributed by atoms with E-state index in [1.165, 1.54) is 0 Å². The normalized spacial score (nSPS) is 22.7. The molecule has 1 aliphatic rings. The summed E-state index contributed by atoms with van der Waals surface area (Å²) in [6.45, 7) is 0. The molecule has 0 aromatic carbocycles. The molecule has 4 heteroatoms. The topological polar surface area (TPSA) is 45.5 Å². The molecule has 0 saturated heterocycles. The Hall–Kier alpha value is -1.55. The maximum Gasteiger partial charge on any atom is 0.0966 e. The second-order valence-corrected chi connectivity index (χ2v) is 6.23. The molecule has 1 aliphatic carbocycles. The van der Waals surface area contributed by atoms with Crippen molar-refractivity contribution in [3.63, 3.8) is 0 Å². The van der Waals surface area contributed by atoms with Gasteiger partial charge in [0.15, 0.2) is 0 Å². The number of thioether (sulfide) groups is 1. The summed E-state index contributed by atoms with van der Waals surface area (Å²) in [5.74, 6) is 0. The molecule has 1 heterocycles. The highest BCUT2D eigenvalue weighted by atomic mass is 32.2. The lowest BCUT2D eigenvalue weighted by Gasteiger charge is -2.16. The summed E-state index contributed by atoms with van der Waals surface area (Å²) in [7, 11) is 0. The van der Waals surface area contributed by atoms with Crippen LogP contribution >= 0.6 is 11.8 Å². The van der Waals surface area contributed by atoms with Crippen molar-refractivity contribution in [1.29, 1.82) is 0 Å². The smallest absolute Gasteiger partial charge is 0.0966 e. The number of rotatable bonds is 2. The molecule has 3 nitrogen and oxygen atoms in total. The minimum Gasteiger partial charge on any atom is -0.411 e. The molecule has 0 fully saturated rings. The average Bonchev–Trinajstić information content (AvgIpc) is 2.51. The third-order valence-corrected chi connectivity index (χ3v) is 4.67. The van der Waals surface area contributed by atoms with Crippen LogP contribution in [0.1, 0.15) is 38.5 Å². The third-order valence-electron chi connectivity index (χ3n) is 3.40. The molecule has 21 heavy (non-hydrogen) atoms. The van der Waals surface area contributed by atoms with Gasteiger partial charge in [-0.05, 0) is 50.7 Å². The van der Waals surface area contributed by atoms with Crippen molar-refractivity contribution in [2.75, 3.05) is 0 Å². The van der Waals surface area contributed by atoms with Gasteiger partial charge in [0.1, 0.15) is 0 Å². The summed E-state index contributed by atoms with van der Waals surface area (Å²) in [5, 5.41) is 14.1. The number of oxime groups is 1. The fourth-order valence-electron chi connectivity index (χ4n) is 2.27. The van der Waals surface area contributed by atoms with Crippen LogP contribution in [-0.4, -0.2) is 21.2 Å². The minimum atomic E-state index is 0.183. The molecule has 1 N–H and O–H groups in total. The maximum absolute atomic E-state index is 9.36. The van der Waals surface area contributed by atoms with Gasteiger partial charge in [-0.3, -0.25) is 0 Å². The molecular weight excluding hydrogens is 280 g/mol. The first-order chi connectivity index (χ1) is 10.4. The molecule has 0 aliphatic heterocycles. The Labute approximate surface area is 130 Å². The molecule has 112 valence electrons. The monoisotopic (exact) mass is 302 g/mol. The van der Waals surface area contributed by atoms with Crippen molar-refractivity contribution in [1.82, 2.24) is 4.98 Å². The lowest BCUT2D eigenvalue weighted by molar-refractivity contribution is 0.316. The van der Waals surface area contributed by atoms with E-state index in [4.69, 9.17) is 0 Å². The zero-order valence-electron chi connectivity index (χ0n) is 12.2. The number of aromatic nitrogens is 1. The van der Waals surface area contributed by atoms with Gasteiger partial charge in [-0.25, -0.2) is 4.98 Å². The molecule has 0 bridgehead atoms. The van der Waals surface area contributed by atoms with Gasteiger partial charge in [0.2, 0.25) is 0 Å². The van der Waals surface area contributed by atoms with Crippen molar-refractivity contribution in [2.45, 2.75) is 48.8 Å². The minimum absolute atomic E-state index is 0.183. The van der Waals surface area contributed by atoms with E-state index >= 15 is 0 Å². The Kier molecular flexibility index (Phi) is 7.08. The van der Waals surface area contributed by atoms with Crippen LogP contribution in [0.5, 0.6) is 0 Å². The highest BCUT2D eigenvalue weighted by molar-refractivity contribution is 8.00. The summed E-state index contributed by atoms with van der Waals surface area (Å²) in [5.41, 5.74) is 0.865. The molecule has 1 aromatic heterocycles. The lowest BCUT2D eigenvalue weighted by Crippen LogP contribution is -2.17. The average molecular weight is 302 g/mol. The first-order valence-electron chi connectivity index (χ1n) is 7.48. The van der Waals surface area contributed by atoms with Crippen LogP contribution in [0.15, 0.2) is 58.9 Å². The quantitative estimate of drug-likeness (QED) is 0.483. The first-order valence-corrected chi connectivity index (χ1v) is 8.36. The van der Waals surface area contributed by atoms with Gasteiger partial charge in [-0.1, -0.05) is 47.3 Å². The number of nitrogens with zero attached hydrogens (tertiary/aromatic N) is 2. The van der Waals surface area contributed by atoms with E-state index in [1.807, 2.05) is 18.2 Å². The van der Waals surface area contributed by atoms with E-state index in [0.717, 1.165) is 49.3 Å². The van der Waals surface area contributed by atoms with Crippen molar-refractivity contribution >= 4 is 17.5 Å². The van der Waals surface area contributed by atoms with Gasteiger partial charge in [-0.2, -0.15) is 0 Å². The van der Waals surface area contributed by atoms with E-state index in [-0.39, 0.29) is 5.25 Å². The molecule has 1 unspecified atom stereocenters. The van der Waals surface area contributed by atoms with Gasteiger partial charge in [0, 0.05) is 6.20 Å². The van der Waals surface area contributed by atoms with E-state index in [1.54, 1.807) is 18.0 Å². The second kappa shape index (κ2) is 9.40. The Morgan fingerprint density at radius 1 is 1.05 bits per heavy atom. The molecule has 0 amide bonds. The highest BCUT2D eigenvalue weighted by Crippen LogP contribution is 2.27. The Bertz CT molecular complexity index is 497. The Balaban J connectivity index is 2.08. The van der Waals surface area contributed by atoms with Gasteiger partial charge >= 0.3 is 0 Å². The van der Waals surface area contributed by atoms with Gasteiger partial charge in [-0.15, -0.1) is 0 Å². The Morgan fingerprint density at radius 2 is 1.81 bits per heavy atom.